The van der Waals surface area contributed by atoms with Gasteiger partial charge in [-0.1, -0.05) is 62.0 Å². The average Bonchev–Trinajstić information content (AvgIpc) is 3.19. The molecule has 0 aliphatic heterocycles. The van der Waals surface area contributed by atoms with Crippen molar-refractivity contribution in [3.63, 3.8) is 0 Å². The summed E-state index contributed by atoms with van der Waals surface area (Å²) in [7, 11) is 0. The van der Waals surface area contributed by atoms with Gasteiger partial charge >= 0.3 is 41.9 Å². The Morgan fingerprint density at radius 1 is 0.938 bits per heavy atom. The van der Waals surface area contributed by atoms with Crippen LogP contribution in [0.4, 0.5) is 0 Å². The molecular formula is C26H30Cl4SiZr. The molecule has 3 aromatic carbocycles. The van der Waals surface area contributed by atoms with Crippen molar-refractivity contribution in [3.05, 3.63) is 87.4 Å². The molecule has 0 heterocycles. The van der Waals surface area contributed by atoms with Gasteiger partial charge in [0.05, 0.1) is 0 Å². The maximum Gasteiger partial charge on any atom is 0.0399 e. The van der Waals surface area contributed by atoms with Gasteiger partial charge in [0.15, 0.2) is 0 Å². The first-order chi connectivity index (χ1) is 14.1. The van der Waals surface area contributed by atoms with Crippen molar-refractivity contribution in [1.82, 2.24) is 0 Å². The summed E-state index contributed by atoms with van der Waals surface area (Å²) in [6.07, 6.45) is 3.36. The van der Waals surface area contributed by atoms with Crippen molar-refractivity contribution in [3.8, 4) is 11.1 Å². The van der Waals surface area contributed by atoms with Crippen LogP contribution in [0.15, 0.2) is 71.3 Å². The second kappa shape index (κ2) is 14.9. The third kappa shape index (κ3) is 8.53. The van der Waals surface area contributed by atoms with E-state index in [0.717, 1.165) is 11.1 Å². The van der Waals surface area contributed by atoms with Gasteiger partial charge in [-0.25, -0.2) is 5.57 Å². The van der Waals surface area contributed by atoms with E-state index in [0.29, 0.717) is 16.0 Å². The number of hydrogen-bond acceptors (Lipinski definition) is 0. The first kappa shape index (κ1) is 31.8. The minimum absolute atomic E-state index is 0. The Kier molecular flexibility index (Phi) is 14.8. The number of benzene rings is 2. The van der Waals surface area contributed by atoms with Crippen molar-refractivity contribution in [2.24, 2.45) is 5.92 Å². The molecule has 0 spiro atoms. The first-order valence-corrected chi connectivity index (χ1v) is 17.0. The van der Waals surface area contributed by atoms with Gasteiger partial charge in [0.25, 0.3) is 0 Å². The van der Waals surface area contributed by atoms with Crippen LogP contribution in [0, 0.1) is 12.0 Å². The van der Waals surface area contributed by atoms with E-state index in [1.54, 1.807) is 23.3 Å². The fourth-order valence-corrected chi connectivity index (χ4v) is 3.89. The van der Waals surface area contributed by atoms with Gasteiger partial charge in [-0.3, -0.25) is 6.08 Å². The van der Waals surface area contributed by atoms with E-state index in [-0.39, 0.29) is 30.2 Å². The number of allylic oxidation sites excluding steroid dienone is 4. The van der Waals surface area contributed by atoms with E-state index < -0.39 is 0 Å². The maximum absolute atomic E-state index is 6.24. The normalized spacial score (nSPS) is 14.3. The van der Waals surface area contributed by atoms with Crippen molar-refractivity contribution in [2.45, 2.75) is 40.8 Å². The van der Waals surface area contributed by atoms with Crippen molar-refractivity contribution < 1.29 is 23.3 Å². The van der Waals surface area contributed by atoms with E-state index in [2.05, 4.69) is 71.1 Å². The van der Waals surface area contributed by atoms with Crippen LogP contribution in [-0.4, -0.2) is 5.43 Å². The summed E-state index contributed by atoms with van der Waals surface area (Å²) in [5.41, 5.74) is 6.46. The number of hydrogen-bond donors (Lipinski definition) is 0. The number of fused-ring (bicyclic) bond motifs is 1. The van der Waals surface area contributed by atoms with Crippen LogP contribution in [0.25, 0.3) is 21.9 Å². The zero-order valence-corrected chi connectivity index (χ0v) is 25.9. The van der Waals surface area contributed by atoms with Crippen LogP contribution in [0.3, 0.4) is 0 Å². The SMILES string of the molecule is CC1=[C-]C(C)C(C)=C1C.C[Si](C)=[Zr+2].Cl.Cl.Clc1cccc(Cl)c1-c1c[cH-]c2ccccc12. The van der Waals surface area contributed by atoms with E-state index in [4.69, 9.17) is 23.2 Å². The molecule has 32 heavy (non-hydrogen) atoms. The Morgan fingerprint density at radius 3 is 1.91 bits per heavy atom. The Morgan fingerprint density at radius 2 is 1.47 bits per heavy atom. The van der Waals surface area contributed by atoms with Crippen LogP contribution in [0.5, 0.6) is 0 Å². The average molecular weight is 604 g/mol. The van der Waals surface area contributed by atoms with E-state index >= 15 is 0 Å². The molecule has 0 saturated carbocycles. The molecular weight excluding hydrogens is 573 g/mol. The zero-order chi connectivity index (χ0) is 22.4. The largest absolute Gasteiger partial charge is 0.150 e. The topological polar surface area (TPSA) is 0 Å². The molecule has 6 heteroatoms. The molecule has 0 saturated heterocycles. The molecule has 1 atom stereocenters. The van der Waals surface area contributed by atoms with Crippen molar-refractivity contribution >= 4 is 64.2 Å². The maximum atomic E-state index is 6.24. The van der Waals surface area contributed by atoms with Gasteiger partial charge in [0.2, 0.25) is 0 Å². The molecule has 0 fully saturated rings. The molecule has 0 radical (unpaired) electrons. The molecule has 0 nitrogen and oxygen atoms in total. The molecule has 0 bridgehead atoms. The van der Waals surface area contributed by atoms with E-state index in [9.17, 15) is 0 Å². The minimum Gasteiger partial charge on any atom is -0.150 e. The molecule has 3 aromatic rings. The standard InChI is InChI=1S/C15H9Cl2.C9H13.C2H6Si.2ClH.Zr/c16-13-6-3-7-14(17)15(13)12-9-8-10-4-1-2-5-11(10)12;1-6-5-7(2)9(4)8(6)3;1-3-2;;;/h1-9H;6H,1-4H3;1-2H3;2*1H;/q2*-1;;;;+2. The fraction of sp³-hybridized carbons (Fsp3) is 0.269. The molecule has 1 aliphatic carbocycles. The number of halogens is 4. The second-order valence-corrected chi connectivity index (χ2v) is 17.9. The van der Waals surface area contributed by atoms with Gasteiger partial charge in [0.1, 0.15) is 0 Å². The molecule has 0 N–H and O–H groups in total. The Labute approximate surface area is 231 Å². The van der Waals surface area contributed by atoms with Crippen molar-refractivity contribution in [2.75, 3.05) is 0 Å². The van der Waals surface area contributed by atoms with E-state index in [1.165, 1.54) is 27.5 Å². The molecule has 0 aromatic heterocycles. The molecule has 4 rings (SSSR count). The van der Waals surface area contributed by atoms with Gasteiger partial charge in [0, 0.05) is 10.0 Å². The van der Waals surface area contributed by atoms with Crippen LogP contribution >= 0.6 is 48.0 Å². The molecule has 1 unspecified atom stereocenters. The van der Waals surface area contributed by atoms with Crippen LogP contribution in [-0.2, 0) is 23.3 Å². The predicted molar refractivity (Wildman–Crippen MR) is 147 cm³/mol. The Balaban J connectivity index is 0.000000547. The second-order valence-electron chi connectivity index (χ2n) is 7.73. The monoisotopic (exact) mass is 600 g/mol. The number of rotatable bonds is 1. The van der Waals surface area contributed by atoms with Crippen LogP contribution in [0.2, 0.25) is 23.1 Å². The van der Waals surface area contributed by atoms with E-state index in [1.807, 2.05) is 30.3 Å². The summed E-state index contributed by atoms with van der Waals surface area (Å²) in [6, 6.07) is 18.0. The summed E-state index contributed by atoms with van der Waals surface area (Å²) < 4.78 is 0. The van der Waals surface area contributed by atoms with Crippen molar-refractivity contribution in [1.29, 1.82) is 0 Å². The zero-order valence-electron chi connectivity index (χ0n) is 19.3. The van der Waals surface area contributed by atoms with Gasteiger partial charge in [-0.05, 0) is 17.7 Å². The van der Waals surface area contributed by atoms with Crippen LogP contribution < -0.4 is 0 Å². The molecule has 170 valence electrons. The summed E-state index contributed by atoms with van der Waals surface area (Å²) in [6.45, 7) is 13.3. The summed E-state index contributed by atoms with van der Waals surface area (Å²) >= 11 is 14.2. The summed E-state index contributed by atoms with van der Waals surface area (Å²) in [5.74, 6) is 0.560. The third-order valence-corrected chi connectivity index (χ3v) is 5.78. The predicted octanol–water partition coefficient (Wildman–Crippen LogP) is 9.88. The first-order valence-electron chi connectivity index (χ1n) is 10.0. The molecule has 0 amide bonds. The Bertz CT molecular complexity index is 1090. The quantitative estimate of drug-likeness (QED) is 0.192. The summed E-state index contributed by atoms with van der Waals surface area (Å²) in [4.78, 5) is 0. The third-order valence-electron chi connectivity index (χ3n) is 5.15. The van der Waals surface area contributed by atoms with Gasteiger partial charge < -0.3 is 0 Å². The fourth-order valence-electron chi connectivity index (χ4n) is 3.29. The Hall–Kier alpha value is -0.210. The molecule has 1 aliphatic rings. The minimum atomic E-state index is 0. The summed E-state index contributed by atoms with van der Waals surface area (Å²) in [5, 5.41) is 3.77. The smallest absolute Gasteiger partial charge is 0.0399 e. The van der Waals surface area contributed by atoms with Gasteiger partial charge in [-0.15, -0.1) is 78.4 Å². The van der Waals surface area contributed by atoms with Crippen LogP contribution in [0.1, 0.15) is 27.7 Å². The van der Waals surface area contributed by atoms with Gasteiger partial charge in [-0.2, -0.15) is 11.1 Å².